The standard InChI is InChI=1S/C11H8N2O2/c1-6-9(12-6)13-10(14)7-4-2-3-5-8(7)11(13)15/h2-5,9H,1H3. The van der Waals surface area contributed by atoms with Crippen LogP contribution in [0.15, 0.2) is 29.3 Å². The van der Waals surface area contributed by atoms with Gasteiger partial charge in [0.2, 0.25) is 0 Å². The Morgan fingerprint density at radius 3 is 2.00 bits per heavy atom. The molecule has 2 amide bonds. The third kappa shape index (κ3) is 0.986. The number of imide groups is 1. The van der Waals surface area contributed by atoms with Crippen LogP contribution < -0.4 is 0 Å². The van der Waals surface area contributed by atoms with Crippen LogP contribution in [0.1, 0.15) is 27.6 Å². The molecule has 15 heavy (non-hydrogen) atoms. The van der Waals surface area contributed by atoms with Crippen molar-refractivity contribution in [1.29, 1.82) is 0 Å². The smallest absolute Gasteiger partial charge is 0.263 e. The Morgan fingerprint density at radius 2 is 1.60 bits per heavy atom. The molecule has 0 aliphatic carbocycles. The van der Waals surface area contributed by atoms with Gasteiger partial charge in [-0.3, -0.25) is 14.6 Å². The maximum absolute atomic E-state index is 11.9. The van der Waals surface area contributed by atoms with Crippen LogP contribution in [0.5, 0.6) is 0 Å². The maximum atomic E-state index is 11.9. The molecule has 0 spiro atoms. The highest BCUT2D eigenvalue weighted by Gasteiger charge is 2.44. The van der Waals surface area contributed by atoms with Crippen LogP contribution in [0.2, 0.25) is 0 Å². The van der Waals surface area contributed by atoms with E-state index in [1.807, 2.05) is 6.92 Å². The Kier molecular flexibility index (Phi) is 1.41. The van der Waals surface area contributed by atoms with Gasteiger partial charge in [0.1, 0.15) is 0 Å². The molecule has 3 rings (SSSR count). The number of hydrogen-bond donors (Lipinski definition) is 0. The molecule has 2 aliphatic rings. The molecular weight excluding hydrogens is 192 g/mol. The van der Waals surface area contributed by atoms with Crippen LogP contribution in [0, 0.1) is 0 Å². The number of hydrogen-bond acceptors (Lipinski definition) is 3. The fourth-order valence-corrected chi connectivity index (χ4v) is 1.83. The third-order valence-electron chi connectivity index (χ3n) is 2.70. The number of benzene rings is 1. The Hall–Kier alpha value is -1.97. The number of carbonyl (C=O) groups is 2. The van der Waals surface area contributed by atoms with Crippen molar-refractivity contribution in [2.45, 2.75) is 13.1 Å². The van der Waals surface area contributed by atoms with Crippen LogP contribution in [0.4, 0.5) is 0 Å². The average molecular weight is 200 g/mol. The zero-order valence-corrected chi connectivity index (χ0v) is 8.10. The van der Waals surface area contributed by atoms with Gasteiger partial charge in [0, 0.05) is 0 Å². The molecule has 2 heterocycles. The quantitative estimate of drug-likeness (QED) is 0.637. The molecular formula is C11H8N2O2. The zero-order valence-electron chi connectivity index (χ0n) is 8.10. The second-order valence-corrected chi connectivity index (χ2v) is 3.67. The molecule has 0 aromatic heterocycles. The first-order valence-corrected chi connectivity index (χ1v) is 4.71. The van der Waals surface area contributed by atoms with E-state index in [2.05, 4.69) is 4.99 Å². The van der Waals surface area contributed by atoms with Crippen LogP contribution in [0.3, 0.4) is 0 Å². The molecule has 0 bridgehead atoms. The van der Waals surface area contributed by atoms with Crippen LogP contribution in [-0.2, 0) is 0 Å². The topological polar surface area (TPSA) is 49.7 Å². The summed E-state index contributed by atoms with van der Waals surface area (Å²) < 4.78 is 0. The van der Waals surface area contributed by atoms with Gasteiger partial charge in [-0.1, -0.05) is 12.1 Å². The largest absolute Gasteiger partial charge is 0.268 e. The minimum Gasteiger partial charge on any atom is -0.268 e. The number of rotatable bonds is 1. The van der Waals surface area contributed by atoms with Gasteiger partial charge in [-0.2, -0.15) is 0 Å². The molecule has 1 atom stereocenters. The summed E-state index contributed by atoms with van der Waals surface area (Å²) in [6.45, 7) is 1.81. The van der Waals surface area contributed by atoms with E-state index < -0.39 is 0 Å². The van der Waals surface area contributed by atoms with E-state index in [9.17, 15) is 9.59 Å². The van der Waals surface area contributed by atoms with Crippen molar-refractivity contribution >= 4 is 17.5 Å². The molecule has 0 radical (unpaired) electrons. The summed E-state index contributed by atoms with van der Waals surface area (Å²) in [6, 6.07) is 6.86. The van der Waals surface area contributed by atoms with Crippen molar-refractivity contribution in [1.82, 2.24) is 4.90 Å². The van der Waals surface area contributed by atoms with Gasteiger partial charge in [-0.05, 0) is 19.1 Å². The molecule has 4 heteroatoms. The summed E-state index contributed by atoms with van der Waals surface area (Å²) in [6.07, 6.45) is -0.322. The van der Waals surface area contributed by atoms with Gasteiger partial charge >= 0.3 is 0 Å². The van der Waals surface area contributed by atoms with E-state index >= 15 is 0 Å². The van der Waals surface area contributed by atoms with Gasteiger partial charge < -0.3 is 0 Å². The molecule has 4 nitrogen and oxygen atoms in total. The molecule has 1 aromatic carbocycles. The highest BCUT2D eigenvalue weighted by Crippen LogP contribution is 2.29. The molecule has 74 valence electrons. The van der Waals surface area contributed by atoms with Gasteiger partial charge in [0.15, 0.2) is 6.17 Å². The van der Waals surface area contributed by atoms with Crippen LogP contribution in [0.25, 0.3) is 0 Å². The SMILES string of the molecule is CC1=NC1N1C(=O)c2ccccc2C1=O. The molecule has 1 aromatic rings. The van der Waals surface area contributed by atoms with Gasteiger partial charge in [0.05, 0.1) is 16.8 Å². The summed E-state index contributed by atoms with van der Waals surface area (Å²) in [5, 5.41) is 0. The molecule has 0 fully saturated rings. The van der Waals surface area contributed by atoms with Crippen LogP contribution in [-0.4, -0.2) is 28.6 Å². The van der Waals surface area contributed by atoms with Crippen molar-refractivity contribution in [3.8, 4) is 0 Å². The Morgan fingerprint density at radius 1 is 1.13 bits per heavy atom. The van der Waals surface area contributed by atoms with E-state index in [-0.39, 0.29) is 18.0 Å². The number of carbonyl (C=O) groups excluding carboxylic acids is 2. The minimum atomic E-state index is -0.322. The van der Waals surface area contributed by atoms with E-state index in [0.29, 0.717) is 11.1 Å². The molecule has 0 saturated carbocycles. The summed E-state index contributed by atoms with van der Waals surface area (Å²) >= 11 is 0. The first-order valence-electron chi connectivity index (χ1n) is 4.71. The normalized spacial score (nSPS) is 22.9. The lowest BCUT2D eigenvalue weighted by Gasteiger charge is -2.10. The van der Waals surface area contributed by atoms with Crippen LogP contribution >= 0.6 is 0 Å². The Balaban J connectivity index is 2.06. The molecule has 2 aliphatic heterocycles. The van der Waals surface area contributed by atoms with E-state index in [1.165, 1.54) is 4.90 Å². The first kappa shape index (κ1) is 8.35. The summed E-state index contributed by atoms with van der Waals surface area (Å²) in [5.74, 6) is -0.470. The lowest BCUT2D eigenvalue weighted by atomic mass is 10.1. The van der Waals surface area contributed by atoms with Crippen molar-refractivity contribution in [2.24, 2.45) is 4.99 Å². The molecule has 1 unspecified atom stereocenters. The van der Waals surface area contributed by atoms with Gasteiger partial charge in [0.25, 0.3) is 11.8 Å². The van der Waals surface area contributed by atoms with E-state index in [1.54, 1.807) is 24.3 Å². The Labute approximate surface area is 86.2 Å². The minimum absolute atomic E-state index is 0.235. The van der Waals surface area contributed by atoms with Crippen molar-refractivity contribution in [3.63, 3.8) is 0 Å². The average Bonchev–Trinajstić information content (AvgIpc) is 2.89. The maximum Gasteiger partial charge on any atom is 0.263 e. The van der Waals surface area contributed by atoms with E-state index in [0.717, 1.165) is 5.71 Å². The summed E-state index contributed by atoms with van der Waals surface area (Å²) in [7, 11) is 0. The fraction of sp³-hybridized carbons (Fsp3) is 0.182. The highest BCUT2D eigenvalue weighted by atomic mass is 16.2. The zero-order chi connectivity index (χ0) is 10.6. The highest BCUT2D eigenvalue weighted by molar-refractivity contribution is 6.24. The summed E-state index contributed by atoms with van der Waals surface area (Å²) in [5.41, 5.74) is 1.80. The second-order valence-electron chi connectivity index (χ2n) is 3.67. The molecule has 0 N–H and O–H groups in total. The van der Waals surface area contributed by atoms with E-state index in [4.69, 9.17) is 0 Å². The number of amides is 2. The predicted octanol–water partition coefficient (Wildman–Crippen LogP) is 1.08. The fourth-order valence-electron chi connectivity index (χ4n) is 1.83. The van der Waals surface area contributed by atoms with Crippen molar-refractivity contribution < 1.29 is 9.59 Å². The Bertz CT molecular complexity index is 484. The third-order valence-corrected chi connectivity index (χ3v) is 2.70. The molecule has 0 saturated heterocycles. The first-order chi connectivity index (χ1) is 7.20. The number of fused-ring (bicyclic) bond motifs is 1. The second kappa shape index (κ2) is 2.53. The predicted molar refractivity (Wildman–Crippen MR) is 53.8 cm³/mol. The number of aliphatic imine (C=N–C) groups is 1. The lowest BCUT2D eigenvalue weighted by molar-refractivity contribution is 0.0647. The van der Waals surface area contributed by atoms with Gasteiger partial charge in [-0.15, -0.1) is 0 Å². The van der Waals surface area contributed by atoms with Crippen molar-refractivity contribution in [2.75, 3.05) is 0 Å². The summed E-state index contributed by atoms with van der Waals surface area (Å²) in [4.78, 5) is 29.0. The van der Waals surface area contributed by atoms with Crippen molar-refractivity contribution in [3.05, 3.63) is 35.4 Å². The lowest BCUT2D eigenvalue weighted by Crippen LogP contribution is -2.34. The monoisotopic (exact) mass is 200 g/mol. The number of nitrogens with zero attached hydrogens (tertiary/aromatic N) is 2. The van der Waals surface area contributed by atoms with Gasteiger partial charge in [-0.25, -0.2) is 4.90 Å².